The van der Waals surface area contributed by atoms with Crippen molar-refractivity contribution in [3.63, 3.8) is 0 Å². The van der Waals surface area contributed by atoms with Gasteiger partial charge in [-0.2, -0.15) is 4.21 Å². The zero-order valence-electron chi connectivity index (χ0n) is 12.9. The molecule has 1 unspecified atom stereocenters. The summed E-state index contributed by atoms with van der Waals surface area (Å²) in [5, 5.41) is 7.16. The second kappa shape index (κ2) is 6.32. The number of nitrogens with two attached hydrogens (primary N) is 1. The normalized spacial score (nSPS) is 12.2. The minimum Gasteiger partial charge on any atom is -0.378 e. The molecule has 2 heterocycles. The van der Waals surface area contributed by atoms with Gasteiger partial charge in [-0.3, -0.25) is 4.52 Å². The molecule has 1 atom stereocenters. The van der Waals surface area contributed by atoms with Crippen molar-refractivity contribution in [1.29, 1.82) is 0 Å². The van der Waals surface area contributed by atoms with Gasteiger partial charge in [0, 0.05) is 13.3 Å². The van der Waals surface area contributed by atoms with Crippen LogP contribution in [0.4, 0.5) is 5.82 Å². The van der Waals surface area contributed by atoms with E-state index in [0.717, 1.165) is 15.1 Å². The Balaban J connectivity index is 1.90. The van der Waals surface area contributed by atoms with Gasteiger partial charge < -0.3 is 14.4 Å². The predicted molar refractivity (Wildman–Crippen MR) is 84.6 cm³/mol. The Hall–Kier alpha value is -2.88. The van der Waals surface area contributed by atoms with Gasteiger partial charge in [0.25, 0.3) is 0 Å². The van der Waals surface area contributed by atoms with Crippen LogP contribution in [-0.2, 0) is 17.7 Å². The Morgan fingerprint density at radius 2 is 2.08 bits per heavy atom. The third-order valence-corrected chi connectivity index (χ3v) is 4.18. The molecule has 2 aromatic heterocycles. The van der Waals surface area contributed by atoms with Gasteiger partial charge in [0.05, 0.1) is 0 Å². The number of anilines is 1. The van der Waals surface area contributed by atoms with E-state index in [-0.39, 0.29) is 29.6 Å². The van der Waals surface area contributed by atoms with Gasteiger partial charge in [-0.1, -0.05) is 40.1 Å². The standard InChI is InChI=1S/C14H14N4O5S/c1-8-4-3-5-10(6-8)7-11-16-22-14(19)18(11)24(20)23-12-9(2)21-17-13(12)15/h3-6H,7H2,1-2H3,(H2,15,17). The lowest BCUT2D eigenvalue weighted by molar-refractivity contribution is 0.379. The van der Waals surface area contributed by atoms with Crippen LogP contribution in [0, 0.1) is 13.8 Å². The maximum Gasteiger partial charge on any atom is 0.456 e. The van der Waals surface area contributed by atoms with Crippen molar-refractivity contribution in [2.45, 2.75) is 20.3 Å². The highest BCUT2D eigenvalue weighted by Crippen LogP contribution is 2.25. The molecule has 0 saturated heterocycles. The average Bonchev–Trinajstić information content (AvgIpc) is 3.04. The van der Waals surface area contributed by atoms with Gasteiger partial charge in [-0.25, -0.2) is 4.79 Å². The number of rotatable bonds is 5. The summed E-state index contributed by atoms with van der Waals surface area (Å²) in [7, 11) is 0. The van der Waals surface area contributed by atoms with E-state index < -0.39 is 17.0 Å². The summed E-state index contributed by atoms with van der Waals surface area (Å²) >= 11 is -2.24. The highest BCUT2D eigenvalue weighted by Gasteiger charge is 2.22. The summed E-state index contributed by atoms with van der Waals surface area (Å²) < 4.78 is 27.8. The summed E-state index contributed by atoms with van der Waals surface area (Å²) in [5.74, 6) is -0.556. The Labute approximate surface area is 138 Å². The molecule has 0 aliphatic rings. The van der Waals surface area contributed by atoms with E-state index in [1.165, 1.54) is 0 Å². The summed E-state index contributed by atoms with van der Waals surface area (Å²) in [6.07, 6.45) is 0.251. The number of hydrogen-bond acceptors (Lipinski definition) is 8. The molecule has 1 aromatic carbocycles. The van der Waals surface area contributed by atoms with E-state index in [1.54, 1.807) is 6.92 Å². The van der Waals surface area contributed by atoms with Crippen molar-refractivity contribution in [1.82, 2.24) is 14.3 Å². The first kappa shape index (κ1) is 16.0. The van der Waals surface area contributed by atoms with Crippen molar-refractivity contribution < 1.29 is 17.4 Å². The minimum absolute atomic E-state index is 0.00272. The van der Waals surface area contributed by atoms with E-state index in [2.05, 4.69) is 14.8 Å². The Morgan fingerprint density at radius 3 is 2.75 bits per heavy atom. The van der Waals surface area contributed by atoms with Crippen molar-refractivity contribution >= 4 is 17.1 Å². The van der Waals surface area contributed by atoms with Gasteiger partial charge in [-0.15, -0.1) is 3.97 Å². The number of aryl methyl sites for hydroxylation is 2. The van der Waals surface area contributed by atoms with Crippen LogP contribution < -0.4 is 15.7 Å². The number of nitrogens with zero attached hydrogens (tertiary/aromatic N) is 3. The molecule has 0 aliphatic heterocycles. The zero-order chi connectivity index (χ0) is 17.3. The lowest BCUT2D eigenvalue weighted by atomic mass is 10.1. The van der Waals surface area contributed by atoms with Crippen molar-refractivity contribution in [2.75, 3.05) is 5.73 Å². The molecule has 2 N–H and O–H groups in total. The van der Waals surface area contributed by atoms with Crippen LogP contribution in [0.3, 0.4) is 0 Å². The fraction of sp³-hybridized carbons (Fsp3) is 0.214. The molecule has 0 spiro atoms. The first-order valence-corrected chi connectivity index (χ1v) is 7.94. The second-order valence-electron chi connectivity index (χ2n) is 5.08. The van der Waals surface area contributed by atoms with Crippen LogP contribution in [0.2, 0.25) is 0 Å². The first-order chi connectivity index (χ1) is 11.5. The number of benzene rings is 1. The quantitative estimate of drug-likeness (QED) is 0.725. The number of aromatic nitrogens is 3. The molecule has 9 nitrogen and oxygen atoms in total. The predicted octanol–water partition coefficient (Wildman–Crippen LogP) is 1.12. The Kier molecular flexibility index (Phi) is 4.21. The minimum atomic E-state index is -2.24. The fourth-order valence-electron chi connectivity index (χ4n) is 2.12. The third-order valence-electron chi connectivity index (χ3n) is 3.21. The molecule has 3 aromatic rings. The summed E-state index contributed by atoms with van der Waals surface area (Å²) in [6, 6.07) is 7.61. The van der Waals surface area contributed by atoms with Crippen LogP contribution >= 0.6 is 0 Å². The van der Waals surface area contributed by atoms with E-state index in [0.29, 0.717) is 0 Å². The van der Waals surface area contributed by atoms with Crippen LogP contribution in [-0.4, -0.2) is 18.5 Å². The van der Waals surface area contributed by atoms with Gasteiger partial charge >= 0.3 is 17.0 Å². The SMILES string of the molecule is Cc1cccc(Cc2noc(=O)n2S(=O)Oc2c(N)noc2C)c1. The lowest BCUT2D eigenvalue weighted by Crippen LogP contribution is -2.24. The van der Waals surface area contributed by atoms with Crippen LogP contribution in [0.25, 0.3) is 0 Å². The largest absolute Gasteiger partial charge is 0.456 e. The van der Waals surface area contributed by atoms with Crippen molar-refractivity contribution in [3.8, 4) is 5.75 Å². The molecule has 10 heteroatoms. The smallest absolute Gasteiger partial charge is 0.378 e. The monoisotopic (exact) mass is 350 g/mol. The van der Waals surface area contributed by atoms with E-state index in [1.807, 2.05) is 31.2 Å². The summed E-state index contributed by atoms with van der Waals surface area (Å²) in [4.78, 5) is 11.8. The molecule has 0 amide bonds. The number of nitrogen functional groups attached to an aromatic ring is 1. The molecule has 3 rings (SSSR count). The maximum absolute atomic E-state index is 12.4. The second-order valence-corrected chi connectivity index (χ2v) is 6.04. The summed E-state index contributed by atoms with van der Waals surface area (Å²) in [5.41, 5.74) is 7.50. The molecular formula is C14H14N4O5S. The third kappa shape index (κ3) is 3.08. The van der Waals surface area contributed by atoms with Gasteiger partial charge in [0.1, 0.15) is 0 Å². The highest BCUT2D eigenvalue weighted by molar-refractivity contribution is 7.79. The van der Waals surface area contributed by atoms with E-state index in [4.69, 9.17) is 14.4 Å². The maximum atomic E-state index is 12.4. The first-order valence-electron chi connectivity index (χ1n) is 6.91. The molecular weight excluding hydrogens is 336 g/mol. The average molecular weight is 350 g/mol. The highest BCUT2D eigenvalue weighted by atomic mass is 32.2. The Bertz CT molecular complexity index is 939. The van der Waals surface area contributed by atoms with Crippen molar-refractivity contribution in [2.24, 2.45) is 0 Å². The molecule has 0 bridgehead atoms. The molecule has 0 aliphatic carbocycles. The summed E-state index contributed by atoms with van der Waals surface area (Å²) in [6.45, 7) is 3.48. The molecule has 126 valence electrons. The Morgan fingerprint density at radius 1 is 1.29 bits per heavy atom. The van der Waals surface area contributed by atoms with Crippen LogP contribution in [0.15, 0.2) is 38.1 Å². The number of hydrogen-bond donors (Lipinski definition) is 1. The molecule has 0 radical (unpaired) electrons. The zero-order valence-corrected chi connectivity index (χ0v) is 13.7. The van der Waals surface area contributed by atoms with Crippen LogP contribution in [0.5, 0.6) is 5.75 Å². The molecule has 0 fully saturated rings. The van der Waals surface area contributed by atoms with Gasteiger partial charge in [-0.05, 0) is 12.5 Å². The van der Waals surface area contributed by atoms with E-state index >= 15 is 0 Å². The van der Waals surface area contributed by atoms with Gasteiger partial charge in [0.2, 0.25) is 11.6 Å². The topological polar surface area (TPSA) is 126 Å². The van der Waals surface area contributed by atoms with Gasteiger partial charge in [0.15, 0.2) is 11.6 Å². The fourth-order valence-corrected chi connectivity index (χ4v) is 2.96. The molecule has 0 saturated carbocycles. The van der Waals surface area contributed by atoms with E-state index in [9.17, 15) is 9.00 Å². The molecule has 24 heavy (non-hydrogen) atoms. The van der Waals surface area contributed by atoms with Crippen LogP contribution in [0.1, 0.15) is 22.7 Å². The lowest BCUT2D eigenvalue weighted by Gasteiger charge is -2.05. The van der Waals surface area contributed by atoms with Crippen molar-refractivity contribution in [3.05, 3.63) is 57.5 Å².